The predicted octanol–water partition coefficient (Wildman–Crippen LogP) is 4.86. The molecule has 1 aromatic heterocycles. The summed E-state index contributed by atoms with van der Waals surface area (Å²) in [5, 5.41) is 0. The first-order valence-electron chi connectivity index (χ1n) is 6.53. The Kier molecular flexibility index (Phi) is 2.83. The lowest BCUT2D eigenvalue weighted by Crippen LogP contribution is -1.99. The average Bonchev–Trinajstić information content (AvgIpc) is 2.94. The lowest BCUT2D eigenvalue weighted by atomic mass is 9.89. The summed E-state index contributed by atoms with van der Waals surface area (Å²) in [5.41, 5.74) is 5.15. The zero-order valence-corrected chi connectivity index (χ0v) is 10.9. The summed E-state index contributed by atoms with van der Waals surface area (Å²) in [7, 11) is 0. The standard InChI is InChI=1S/C17H17O/c1-3-6-15-14-8-5-4-7-13(14)11-16(15)17-12(2)9-10-18-17/h4-5,7-11H,3,6H2,1-2H3. The van der Waals surface area contributed by atoms with Crippen molar-refractivity contribution in [2.24, 2.45) is 0 Å². The summed E-state index contributed by atoms with van der Waals surface area (Å²) in [6.45, 7) is 4.33. The summed E-state index contributed by atoms with van der Waals surface area (Å²) in [5.74, 6) is 2.45. The first-order chi connectivity index (χ1) is 8.81. The number of aryl methyl sites for hydroxylation is 1. The van der Waals surface area contributed by atoms with Crippen LogP contribution in [-0.2, 0) is 0 Å². The first kappa shape index (κ1) is 11.3. The quantitative estimate of drug-likeness (QED) is 0.742. The number of allylic oxidation sites excluding steroid dienone is 1. The molecule has 3 rings (SSSR count). The molecule has 1 heterocycles. The number of hydrogen-bond donors (Lipinski definition) is 0. The fourth-order valence-corrected chi connectivity index (χ4v) is 2.66. The molecule has 0 amide bonds. The van der Waals surface area contributed by atoms with Crippen LogP contribution in [0.1, 0.15) is 42.2 Å². The Bertz CT molecular complexity index is 589. The highest BCUT2D eigenvalue weighted by Crippen LogP contribution is 2.44. The van der Waals surface area contributed by atoms with Crippen molar-refractivity contribution in [1.29, 1.82) is 0 Å². The second-order valence-electron chi connectivity index (χ2n) is 4.81. The lowest BCUT2D eigenvalue weighted by molar-refractivity contribution is 0.550. The van der Waals surface area contributed by atoms with E-state index in [2.05, 4.69) is 44.2 Å². The van der Waals surface area contributed by atoms with Crippen LogP contribution in [0.15, 0.2) is 41.0 Å². The van der Waals surface area contributed by atoms with E-state index in [1.165, 1.54) is 28.2 Å². The van der Waals surface area contributed by atoms with Gasteiger partial charge in [-0.05, 0) is 42.2 Å². The van der Waals surface area contributed by atoms with Gasteiger partial charge in [-0.3, -0.25) is 0 Å². The maximum absolute atomic E-state index is 5.67. The van der Waals surface area contributed by atoms with E-state index in [0.29, 0.717) is 0 Å². The van der Waals surface area contributed by atoms with E-state index < -0.39 is 0 Å². The average molecular weight is 237 g/mol. The Labute approximate surface area is 108 Å². The van der Waals surface area contributed by atoms with Crippen LogP contribution in [0.25, 0.3) is 11.6 Å². The molecular formula is C17H17O. The van der Waals surface area contributed by atoms with Crippen LogP contribution in [0, 0.1) is 12.8 Å². The minimum atomic E-state index is 1.02. The molecule has 2 aromatic rings. The maximum Gasteiger partial charge on any atom is 0.133 e. The Hall–Kier alpha value is -1.76. The van der Waals surface area contributed by atoms with Crippen LogP contribution in [0.5, 0.6) is 0 Å². The van der Waals surface area contributed by atoms with Crippen LogP contribution >= 0.6 is 0 Å². The molecule has 1 heteroatoms. The van der Waals surface area contributed by atoms with E-state index in [0.717, 1.165) is 18.6 Å². The molecule has 1 radical (unpaired) electrons. The van der Waals surface area contributed by atoms with Crippen molar-refractivity contribution in [1.82, 2.24) is 0 Å². The van der Waals surface area contributed by atoms with Gasteiger partial charge in [-0.1, -0.05) is 37.6 Å². The highest BCUT2D eigenvalue weighted by molar-refractivity contribution is 5.97. The van der Waals surface area contributed by atoms with Crippen LogP contribution in [0.3, 0.4) is 0 Å². The molecule has 1 nitrogen and oxygen atoms in total. The SMILES string of the molecule is CCC[C]1C(c2occc2C)=Cc2ccccc21. The minimum absolute atomic E-state index is 1.02. The molecule has 0 spiro atoms. The van der Waals surface area contributed by atoms with Gasteiger partial charge in [0.1, 0.15) is 5.76 Å². The summed E-state index contributed by atoms with van der Waals surface area (Å²) >= 11 is 0. The predicted molar refractivity (Wildman–Crippen MR) is 75.0 cm³/mol. The normalized spacial score (nSPS) is 14.7. The summed E-state index contributed by atoms with van der Waals surface area (Å²) in [4.78, 5) is 0. The molecule has 0 fully saturated rings. The van der Waals surface area contributed by atoms with Crippen molar-refractivity contribution in [2.75, 3.05) is 0 Å². The zero-order valence-electron chi connectivity index (χ0n) is 10.9. The van der Waals surface area contributed by atoms with E-state index in [1.807, 2.05) is 6.07 Å². The van der Waals surface area contributed by atoms with Gasteiger partial charge < -0.3 is 4.42 Å². The molecule has 1 aliphatic carbocycles. The van der Waals surface area contributed by atoms with Crippen LogP contribution in [0.4, 0.5) is 0 Å². The van der Waals surface area contributed by atoms with Gasteiger partial charge in [0.25, 0.3) is 0 Å². The van der Waals surface area contributed by atoms with Crippen molar-refractivity contribution in [3.63, 3.8) is 0 Å². The maximum atomic E-state index is 5.67. The fourth-order valence-electron chi connectivity index (χ4n) is 2.66. The van der Waals surface area contributed by atoms with Crippen molar-refractivity contribution in [2.45, 2.75) is 26.7 Å². The minimum Gasteiger partial charge on any atom is -0.464 e. The van der Waals surface area contributed by atoms with Crippen LogP contribution in [0.2, 0.25) is 0 Å². The van der Waals surface area contributed by atoms with E-state index in [-0.39, 0.29) is 0 Å². The number of benzene rings is 1. The summed E-state index contributed by atoms with van der Waals surface area (Å²) in [6.07, 6.45) is 6.29. The number of fused-ring (bicyclic) bond motifs is 1. The van der Waals surface area contributed by atoms with E-state index in [9.17, 15) is 0 Å². The number of furan rings is 1. The third-order valence-electron chi connectivity index (χ3n) is 3.52. The summed E-state index contributed by atoms with van der Waals surface area (Å²) < 4.78 is 5.67. The largest absolute Gasteiger partial charge is 0.464 e. The Balaban J connectivity index is 2.08. The van der Waals surface area contributed by atoms with Gasteiger partial charge in [0.2, 0.25) is 0 Å². The third kappa shape index (κ3) is 1.71. The van der Waals surface area contributed by atoms with Gasteiger partial charge in [-0.15, -0.1) is 0 Å². The van der Waals surface area contributed by atoms with Gasteiger partial charge in [-0.2, -0.15) is 0 Å². The molecule has 1 aliphatic rings. The highest BCUT2D eigenvalue weighted by atomic mass is 16.3. The molecular weight excluding hydrogens is 220 g/mol. The first-order valence-corrected chi connectivity index (χ1v) is 6.53. The molecule has 0 N–H and O–H groups in total. The summed E-state index contributed by atoms with van der Waals surface area (Å²) in [6, 6.07) is 10.6. The van der Waals surface area contributed by atoms with Gasteiger partial charge in [-0.25, -0.2) is 0 Å². The van der Waals surface area contributed by atoms with Gasteiger partial charge >= 0.3 is 0 Å². The molecule has 0 aliphatic heterocycles. The molecule has 0 saturated heterocycles. The van der Waals surface area contributed by atoms with E-state index in [4.69, 9.17) is 4.42 Å². The monoisotopic (exact) mass is 237 g/mol. The van der Waals surface area contributed by atoms with E-state index >= 15 is 0 Å². The van der Waals surface area contributed by atoms with Crippen molar-refractivity contribution >= 4 is 11.6 Å². The number of rotatable bonds is 3. The molecule has 0 atom stereocenters. The Morgan fingerprint density at radius 2 is 1.94 bits per heavy atom. The number of hydrogen-bond acceptors (Lipinski definition) is 1. The second-order valence-corrected chi connectivity index (χ2v) is 4.81. The fraction of sp³-hybridized carbons (Fsp3) is 0.235. The molecule has 0 unspecified atom stereocenters. The zero-order chi connectivity index (χ0) is 12.5. The van der Waals surface area contributed by atoms with Crippen LogP contribution in [-0.4, -0.2) is 0 Å². The van der Waals surface area contributed by atoms with Crippen molar-refractivity contribution in [3.05, 3.63) is 65.0 Å². The molecule has 0 saturated carbocycles. The topological polar surface area (TPSA) is 13.1 Å². The third-order valence-corrected chi connectivity index (χ3v) is 3.52. The van der Waals surface area contributed by atoms with E-state index in [1.54, 1.807) is 6.26 Å². The smallest absolute Gasteiger partial charge is 0.133 e. The van der Waals surface area contributed by atoms with Gasteiger partial charge in [0, 0.05) is 11.5 Å². The van der Waals surface area contributed by atoms with Crippen molar-refractivity contribution in [3.8, 4) is 0 Å². The highest BCUT2D eigenvalue weighted by Gasteiger charge is 2.28. The Morgan fingerprint density at radius 1 is 1.11 bits per heavy atom. The van der Waals surface area contributed by atoms with Crippen LogP contribution < -0.4 is 0 Å². The van der Waals surface area contributed by atoms with Gasteiger partial charge in [0.05, 0.1) is 6.26 Å². The second kappa shape index (κ2) is 4.49. The Morgan fingerprint density at radius 3 is 2.67 bits per heavy atom. The lowest BCUT2D eigenvalue weighted by Gasteiger charge is -2.14. The van der Waals surface area contributed by atoms with Crippen molar-refractivity contribution < 1.29 is 4.42 Å². The van der Waals surface area contributed by atoms with Gasteiger partial charge in [0.15, 0.2) is 0 Å². The molecule has 1 aromatic carbocycles. The molecule has 91 valence electrons. The molecule has 0 bridgehead atoms. The molecule has 18 heavy (non-hydrogen) atoms.